The number of anilines is 1. The van der Waals surface area contributed by atoms with Crippen molar-refractivity contribution >= 4 is 5.69 Å². The molecule has 2 aliphatic carbocycles. The van der Waals surface area contributed by atoms with E-state index in [-0.39, 0.29) is 0 Å². The van der Waals surface area contributed by atoms with Gasteiger partial charge in [0.05, 0.1) is 11.9 Å². The number of nitrogens with zero attached hydrogens (tertiary/aromatic N) is 2. The average Bonchev–Trinajstić information content (AvgIpc) is 3.31. The van der Waals surface area contributed by atoms with Crippen molar-refractivity contribution in [1.82, 2.24) is 10.3 Å². The second kappa shape index (κ2) is 6.13. The van der Waals surface area contributed by atoms with Crippen LogP contribution < -0.4 is 10.2 Å². The summed E-state index contributed by atoms with van der Waals surface area (Å²) in [5.74, 6) is 1.86. The number of hydrogen-bond acceptors (Lipinski definition) is 3. The number of rotatable bonds is 8. The van der Waals surface area contributed by atoms with E-state index < -0.39 is 0 Å². The van der Waals surface area contributed by atoms with Crippen molar-refractivity contribution in [2.45, 2.75) is 52.1 Å². The SMILES string of the molecule is CC(C)NCc1ccncc1N(CC1CC1)CC1CC1. The molecule has 1 aromatic rings. The summed E-state index contributed by atoms with van der Waals surface area (Å²) < 4.78 is 0. The first-order valence-electron chi connectivity index (χ1n) is 8.13. The van der Waals surface area contributed by atoms with Crippen molar-refractivity contribution in [3.8, 4) is 0 Å². The zero-order valence-corrected chi connectivity index (χ0v) is 12.8. The van der Waals surface area contributed by atoms with Gasteiger partial charge in [0, 0.05) is 31.9 Å². The molecule has 1 aromatic heterocycles. The molecule has 0 spiro atoms. The average molecular weight is 273 g/mol. The fraction of sp³-hybridized carbons (Fsp3) is 0.706. The Kier molecular flexibility index (Phi) is 4.25. The van der Waals surface area contributed by atoms with Crippen LogP contribution in [0.1, 0.15) is 45.1 Å². The zero-order chi connectivity index (χ0) is 13.9. The van der Waals surface area contributed by atoms with E-state index in [0.29, 0.717) is 6.04 Å². The lowest BCUT2D eigenvalue weighted by atomic mass is 10.1. The van der Waals surface area contributed by atoms with Gasteiger partial charge in [-0.2, -0.15) is 0 Å². The summed E-state index contributed by atoms with van der Waals surface area (Å²) in [6, 6.07) is 2.70. The molecule has 3 nitrogen and oxygen atoms in total. The normalized spacial score (nSPS) is 18.6. The Morgan fingerprint density at radius 3 is 2.40 bits per heavy atom. The van der Waals surface area contributed by atoms with Gasteiger partial charge in [0.15, 0.2) is 0 Å². The van der Waals surface area contributed by atoms with Crippen molar-refractivity contribution in [1.29, 1.82) is 0 Å². The maximum Gasteiger partial charge on any atom is 0.0598 e. The molecule has 0 bridgehead atoms. The fourth-order valence-electron chi connectivity index (χ4n) is 2.66. The number of aromatic nitrogens is 1. The van der Waals surface area contributed by atoms with Crippen molar-refractivity contribution in [3.05, 3.63) is 24.0 Å². The maximum absolute atomic E-state index is 4.38. The van der Waals surface area contributed by atoms with Crippen LogP contribution >= 0.6 is 0 Å². The molecule has 20 heavy (non-hydrogen) atoms. The Morgan fingerprint density at radius 1 is 1.20 bits per heavy atom. The Hall–Kier alpha value is -1.09. The molecule has 1 N–H and O–H groups in total. The molecule has 3 heteroatoms. The van der Waals surface area contributed by atoms with Gasteiger partial charge in [0.25, 0.3) is 0 Å². The minimum absolute atomic E-state index is 0.524. The van der Waals surface area contributed by atoms with Crippen LogP contribution in [-0.4, -0.2) is 24.1 Å². The van der Waals surface area contributed by atoms with Gasteiger partial charge in [-0.05, 0) is 49.1 Å². The monoisotopic (exact) mass is 273 g/mol. The van der Waals surface area contributed by atoms with Crippen LogP contribution in [0.15, 0.2) is 18.5 Å². The predicted octanol–water partition coefficient (Wildman–Crippen LogP) is 3.21. The third-order valence-electron chi connectivity index (χ3n) is 4.28. The molecular formula is C17H27N3. The van der Waals surface area contributed by atoms with Crippen molar-refractivity contribution in [3.63, 3.8) is 0 Å². The Bertz CT molecular complexity index is 422. The van der Waals surface area contributed by atoms with Gasteiger partial charge in [-0.1, -0.05) is 13.8 Å². The molecule has 0 radical (unpaired) electrons. The van der Waals surface area contributed by atoms with Crippen LogP contribution in [0.4, 0.5) is 5.69 Å². The number of hydrogen-bond donors (Lipinski definition) is 1. The molecular weight excluding hydrogens is 246 g/mol. The highest BCUT2D eigenvalue weighted by Gasteiger charge is 2.30. The lowest BCUT2D eigenvalue weighted by molar-refractivity contribution is 0.585. The third kappa shape index (κ3) is 3.95. The van der Waals surface area contributed by atoms with Gasteiger partial charge >= 0.3 is 0 Å². The van der Waals surface area contributed by atoms with Gasteiger partial charge in [-0.15, -0.1) is 0 Å². The Balaban J connectivity index is 1.73. The molecule has 0 saturated heterocycles. The number of nitrogens with one attached hydrogen (secondary N) is 1. The zero-order valence-electron chi connectivity index (χ0n) is 12.8. The standard InChI is InChI=1S/C17H27N3/c1-13(2)19-9-16-7-8-18-10-17(16)20(11-14-3-4-14)12-15-5-6-15/h7-8,10,13-15,19H,3-6,9,11-12H2,1-2H3. The van der Waals surface area contributed by atoms with Crippen LogP contribution in [-0.2, 0) is 6.54 Å². The van der Waals surface area contributed by atoms with Crippen LogP contribution in [0.2, 0.25) is 0 Å². The highest BCUT2D eigenvalue weighted by Crippen LogP contribution is 2.36. The van der Waals surface area contributed by atoms with Crippen molar-refractivity contribution in [2.75, 3.05) is 18.0 Å². The smallest absolute Gasteiger partial charge is 0.0598 e. The molecule has 0 aromatic carbocycles. The molecule has 2 saturated carbocycles. The van der Waals surface area contributed by atoms with Crippen molar-refractivity contribution < 1.29 is 0 Å². The summed E-state index contributed by atoms with van der Waals surface area (Å²) in [6.45, 7) is 7.81. The lowest BCUT2D eigenvalue weighted by Crippen LogP contribution is -2.30. The van der Waals surface area contributed by atoms with E-state index in [9.17, 15) is 0 Å². The highest BCUT2D eigenvalue weighted by molar-refractivity contribution is 5.52. The summed E-state index contributed by atoms with van der Waals surface area (Å²) in [6.07, 6.45) is 9.67. The van der Waals surface area contributed by atoms with E-state index in [1.807, 2.05) is 6.20 Å². The Labute approximate surface area is 122 Å². The van der Waals surface area contributed by atoms with Crippen LogP contribution in [0.3, 0.4) is 0 Å². The maximum atomic E-state index is 4.38. The van der Waals surface area contributed by atoms with Crippen LogP contribution in [0.5, 0.6) is 0 Å². The summed E-state index contributed by atoms with van der Waals surface area (Å²) in [4.78, 5) is 6.99. The molecule has 3 rings (SSSR count). The molecule has 110 valence electrons. The Morgan fingerprint density at radius 2 is 1.85 bits per heavy atom. The second-order valence-corrected chi connectivity index (χ2v) is 6.83. The first-order chi connectivity index (χ1) is 9.72. The highest BCUT2D eigenvalue weighted by atomic mass is 15.1. The van der Waals surface area contributed by atoms with E-state index in [1.165, 1.54) is 50.0 Å². The van der Waals surface area contributed by atoms with Crippen LogP contribution in [0.25, 0.3) is 0 Å². The number of pyridine rings is 1. The van der Waals surface area contributed by atoms with E-state index in [1.54, 1.807) is 0 Å². The summed E-state index contributed by atoms with van der Waals surface area (Å²) in [7, 11) is 0. The molecule has 0 amide bonds. The largest absolute Gasteiger partial charge is 0.369 e. The first kappa shape index (κ1) is 13.9. The summed E-state index contributed by atoms with van der Waals surface area (Å²) in [5, 5.41) is 3.54. The van der Waals surface area contributed by atoms with Gasteiger partial charge in [0.1, 0.15) is 0 Å². The van der Waals surface area contributed by atoms with Gasteiger partial charge in [-0.3, -0.25) is 4.98 Å². The topological polar surface area (TPSA) is 28.2 Å². The molecule has 0 aliphatic heterocycles. The molecule has 0 atom stereocenters. The van der Waals surface area contributed by atoms with Gasteiger partial charge < -0.3 is 10.2 Å². The minimum atomic E-state index is 0.524. The van der Waals surface area contributed by atoms with E-state index in [0.717, 1.165) is 18.4 Å². The molecule has 1 heterocycles. The quantitative estimate of drug-likeness (QED) is 0.788. The first-order valence-corrected chi connectivity index (χ1v) is 8.13. The van der Waals surface area contributed by atoms with Crippen molar-refractivity contribution in [2.24, 2.45) is 11.8 Å². The van der Waals surface area contributed by atoms with E-state index >= 15 is 0 Å². The van der Waals surface area contributed by atoms with Crippen LogP contribution in [0, 0.1) is 11.8 Å². The van der Waals surface area contributed by atoms with Gasteiger partial charge in [0.2, 0.25) is 0 Å². The molecule has 0 unspecified atom stereocenters. The second-order valence-electron chi connectivity index (χ2n) is 6.83. The van der Waals surface area contributed by atoms with E-state index in [4.69, 9.17) is 0 Å². The molecule has 2 fully saturated rings. The van der Waals surface area contributed by atoms with E-state index in [2.05, 4.69) is 41.3 Å². The summed E-state index contributed by atoms with van der Waals surface area (Å²) in [5.41, 5.74) is 2.76. The van der Waals surface area contributed by atoms with Gasteiger partial charge in [-0.25, -0.2) is 0 Å². The predicted molar refractivity (Wildman–Crippen MR) is 83.9 cm³/mol. The fourth-order valence-corrected chi connectivity index (χ4v) is 2.66. The summed E-state index contributed by atoms with van der Waals surface area (Å²) >= 11 is 0. The molecule has 2 aliphatic rings. The third-order valence-corrected chi connectivity index (χ3v) is 4.28. The lowest BCUT2D eigenvalue weighted by Gasteiger charge is -2.27. The minimum Gasteiger partial charge on any atom is -0.369 e.